The highest BCUT2D eigenvalue weighted by Gasteiger charge is 2.11. The van der Waals surface area contributed by atoms with Crippen molar-refractivity contribution in [1.82, 2.24) is 4.57 Å². The number of aliphatic carboxylic acids is 1. The molecule has 0 fully saturated rings. The van der Waals surface area contributed by atoms with Crippen LogP contribution in [0.15, 0.2) is 23.2 Å². The normalized spacial score (nSPS) is 13.8. The lowest BCUT2D eigenvalue weighted by atomic mass is 10.1. The predicted octanol–water partition coefficient (Wildman–Crippen LogP) is 1.85. The van der Waals surface area contributed by atoms with Crippen LogP contribution in [0.2, 0.25) is 0 Å². The van der Waals surface area contributed by atoms with Gasteiger partial charge in [-0.25, -0.2) is 0 Å². The molecule has 120 valence electrons. The number of fused-ring (bicyclic) bond motifs is 1. The molecule has 0 atom stereocenters. The van der Waals surface area contributed by atoms with Crippen LogP contribution >= 0.6 is 23.6 Å². The first-order chi connectivity index (χ1) is 11.1. The molecule has 5 nitrogen and oxygen atoms in total. The molecule has 7 heteroatoms. The number of carboxylic acid groups (broad SMARTS) is 1. The van der Waals surface area contributed by atoms with E-state index in [1.54, 1.807) is 4.57 Å². The van der Waals surface area contributed by atoms with E-state index in [1.165, 1.54) is 16.9 Å². The van der Waals surface area contributed by atoms with Gasteiger partial charge in [-0.2, -0.15) is 0 Å². The maximum atomic E-state index is 10.6. The Balaban J connectivity index is 1.97. The second-order valence-corrected chi connectivity index (χ2v) is 7.01. The zero-order chi connectivity index (χ0) is 16.4. The van der Waals surface area contributed by atoms with Gasteiger partial charge in [0.15, 0.2) is 3.95 Å². The number of nitrogens with zero attached hydrogens (tertiary/aromatic N) is 2. The van der Waals surface area contributed by atoms with Gasteiger partial charge in [-0.15, -0.1) is 11.3 Å². The van der Waals surface area contributed by atoms with Gasteiger partial charge in [-0.3, -0.25) is 14.4 Å². The highest BCUT2D eigenvalue weighted by molar-refractivity contribution is 7.73. The molecule has 0 radical (unpaired) electrons. The second-order valence-electron chi connectivity index (χ2n) is 5.34. The highest BCUT2D eigenvalue weighted by Crippen LogP contribution is 2.27. The van der Waals surface area contributed by atoms with Crippen molar-refractivity contribution >= 4 is 35.6 Å². The minimum Gasteiger partial charge on any atom is -0.493 e. The van der Waals surface area contributed by atoms with Crippen LogP contribution in [0.4, 0.5) is 0 Å². The van der Waals surface area contributed by atoms with Crippen molar-refractivity contribution in [3.8, 4) is 5.88 Å². The van der Waals surface area contributed by atoms with Crippen LogP contribution in [0.1, 0.15) is 23.3 Å². The van der Waals surface area contributed by atoms with E-state index in [1.807, 2.05) is 18.2 Å². The van der Waals surface area contributed by atoms with E-state index < -0.39 is 5.97 Å². The number of carbonyl (C=O) groups is 1. The number of thiazole rings is 1. The third-order valence-corrected chi connectivity index (χ3v) is 5.14. The number of benzene rings is 1. The Kier molecular flexibility index (Phi) is 4.58. The quantitative estimate of drug-likeness (QED) is 0.809. The number of aromatic hydroxyl groups is 1. The first-order valence-electron chi connectivity index (χ1n) is 7.35. The smallest absolute Gasteiger partial charge is 0.303 e. The van der Waals surface area contributed by atoms with Gasteiger partial charge in [0, 0.05) is 24.7 Å². The fourth-order valence-corrected chi connectivity index (χ4v) is 3.96. The maximum absolute atomic E-state index is 10.6. The lowest BCUT2D eigenvalue weighted by Gasteiger charge is -2.02. The molecule has 23 heavy (non-hydrogen) atoms. The van der Waals surface area contributed by atoms with Crippen molar-refractivity contribution in [3.63, 3.8) is 0 Å². The summed E-state index contributed by atoms with van der Waals surface area (Å²) in [5.74, 6) is -0.750. The SMILES string of the molecule is O=C(O)CCCn1c(O)c(C=c2cccc3c2=NCC3)sc1=S. The van der Waals surface area contributed by atoms with Gasteiger partial charge in [0.05, 0.1) is 10.2 Å². The van der Waals surface area contributed by atoms with Gasteiger partial charge in [0.25, 0.3) is 0 Å². The van der Waals surface area contributed by atoms with E-state index in [2.05, 4.69) is 11.1 Å². The second kappa shape index (κ2) is 6.64. The minimum atomic E-state index is -0.848. The summed E-state index contributed by atoms with van der Waals surface area (Å²) in [5.41, 5.74) is 1.22. The average Bonchev–Trinajstić information content (AvgIpc) is 3.08. The van der Waals surface area contributed by atoms with E-state index in [0.29, 0.717) is 21.8 Å². The Bertz CT molecular complexity index is 928. The monoisotopic (exact) mass is 348 g/mol. The van der Waals surface area contributed by atoms with Crippen LogP contribution in [0, 0.1) is 3.95 Å². The van der Waals surface area contributed by atoms with Gasteiger partial charge in [0.1, 0.15) is 0 Å². The molecule has 0 bridgehead atoms. The molecule has 2 N–H and O–H groups in total. The highest BCUT2D eigenvalue weighted by atomic mass is 32.1. The van der Waals surface area contributed by atoms with E-state index in [9.17, 15) is 9.90 Å². The van der Waals surface area contributed by atoms with Crippen LogP contribution in [0.3, 0.4) is 0 Å². The molecule has 1 aliphatic heterocycles. The van der Waals surface area contributed by atoms with Crippen LogP contribution in [0.25, 0.3) is 6.08 Å². The molecular formula is C16H16N2O3S2. The molecule has 2 heterocycles. The van der Waals surface area contributed by atoms with E-state index in [-0.39, 0.29) is 12.3 Å². The van der Waals surface area contributed by atoms with Gasteiger partial charge in [0.2, 0.25) is 5.88 Å². The largest absolute Gasteiger partial charge is 0.493 e. The summed E-state index contributed by atoms with van der Waals surface area (Å²) in [6, 6.07) is 6.04. The standard InChI is InChI=1S/C16H16N2O3S2/c19-13(20)5-2-8-18-15(21)12(23-16(18)22)9-11-4-1-3-10-6-7-17-14(10)11/h1,3-4,9,21H,2,5-8H2,(H,19,20). The fraction of sp³-hybridized carbons (Fsp3) is 0.312. The lowest BCUT2D eigenvalue weighted by molar-refractivity contribution is -0.137. The number of carboxylic acids is 1. The van der Waals surface area contributed by atoms with Crippen LogP contribution in [-0.4, -0.2) is 27.3 Å². The van der Waals surface area contributed by atoms with E-state index >= 15 is 0 Å². The molecule has 1 aliphatic rings. The summed E-state index contributed by atoms with van der Waals surface area (Å²) in [7, 11) is 0. The lowest BCUT2D eigenvalue weighted by Crippen LogP contribution is -2.25. The number of rotatable bonds is 5. The first-order valence-corrected chi connectivity index (χ1v) is 8.57. The molecule has 0 unspecified atom stereocenters. The van der Waals surface area contributed by atoms with Crippen molar-refractivity contribution in [2.45, 2.75) is 25.8 Å². The molecule has 0 amide bonds. The van der Waals surface area contributed by atoms with Crippen molar-refractivity contribution in [1.29, 1.82) is 0 Å². The summed E-state index contributed by atoms with van der Waals surface area (Å²) in [5, 5.41) is 21.1. The summed E-state index contributed by atoms with van der Waals surface area (Å²) in [4.78, 5) is 15.8. The predicted molar refractivity (Wildman–Crippen MR) is 91.0 cm³/mol. The molecule has 0 spiro atoms. The molecule has 1 aromatic heterocycles. The van der Waals surface area contributed by atoms with E-state index in [4.69, 9.17) is 17.3 Å². The van der Waals surface area contributed by atoms with Crippen LogP contribution in [-0.2, 0) is 17.8 Å². The molecule has 2 aromatic rings. The van der Waals surface area contributed by atoms with Crippen molar-refractivity contribution < 1.29 is 15.0 Å². The Morgan fingerprint density at radius 2 is 2.30 bits per heavy atom. The fourth-order valence-electron chi connectivity index (χ4n) is 2.65. The van der Waals surface area contributed by atoms with Crippen molar-refractivity contribution in [2.24, 2.45) is 4.99 Å². The average molecular weight is 348 g/mol. The Morgan fingerprint density at radius 1 is 1.48 bits per heavy atom. The van der Waals surface area contributed by atoms with Crippen molar-refractivity contribution in [3.05, 3.63) is 43.2 Å². The van der Waals surface area contributed by atoms with Crippen LogP contribution in [0.5, 0.6) is 5.88 Å². The van der Waals surface area contributed by atoms with Gasteiger partial charge >= 0.3 is 5.97 Å². The third-order valence-electron chi connectivity index (χ3n) is 3.75. The summed E-state index contributed by atoms with van der Waals surface area (Å²) >= 11 is 6.61. The maximum Gasteiger partial charge on any atom is 0.303 e. The van der Waals surface area contributed by atoms with Crippen molar-refractivity contribution in [2.75, 3.05) is 6.54 Å². The molecular weight excluding hydrogens is 332 g/mol. The zero-order valence-electron chi connectivity index (χ0n) is 12.4. The van der Waals surface area contributed by atoms with Crippen LogP contribution < -0.4 is 10.6 Å². The number of aromatic nitrogens is 1. The molecule has 0 aliphatic carbocycles. The number of para-hydroxylation sites is 1. The summed E-state index contributed by atoms with van der Waals surface area (Å²) in [6.45, 7) is 1.21. The Hall–Kier alpha value is -1.99. The van der Waals surface area contributed by atoms with Gasteiger partial charge in [-0.1, -0.05) is 18.2 Å². The van der Waals surface area contributed by atoms with Gasteiger partial charge in [-0.05, 0) is 36.7 Å². The topological polar surface area (TPSA) is 74.8 Å². The Morgan fingerprint density at radius 3 is 3.09 bits per heavy atom. The first kappa shape index (κ1) is 15.9. The number of hydrogen-bond donors (Lipinski definition) is 2. The molecule has 0 saturated carbocycles. The number of hydrogen-bond acceptors (Lipinski definition) is 5. The van der Waals surface area contributed by atoms with Gasteiger partial charge < -0.3 is 10.2 Å². The molecule has 1 aromatic carbocycles. The van der Waals surface area contributed by atoms with E-state index in [0.717, 1.165) is 23.5 Å². The minimum absolute atomic E-state index is 0.0567. The molecule has 3 rings (SSSR count). The summed E-state index contributed by atoms with van der Waals surface area (Å²) in [6.07, 6.45) is 3.34. The molecule has 0 saturated heterocycles. The third kappa shape index (κ3) is 3.35. The zero-order valence-corrected chi connectivity index (χ0v) is 14.0. The Labute approximate surface area is 141 Å². The summed E-state index contributed by atoms with van der Waals surface area (Å²) < 4.78 is 2.14.